The SMILES string of the molecule is CCOc1cccc(CNc2ncncc2I)c1. The van der Waals surface area contributed by atoms with E-state index in [4.69, 9.17) is 4.74 Å². The quantitative estimate of drug-likeness (QED) is 0.838. The second-order valence-electron chi connectivity index (χ2n) is 3.65. The molecule has 1 aromatic heterocycles. The Morgan fingerprint density at radius 3 is 3.06 bits per heavy atom. The monoisotopic (exact) mass is 355 g/mol. The van der Waals surface area contributed by atoms with Crippen LogP contribution in [0.3, 0.4) is 0 Å². The van der Waals surface area contributed by atoms with Crippen molar-refractivity contribution >= 4 is 28.4 Å². The Morgan fingerprint density at radius 2 is 2.28 bits per heavy atom. The lowest BCUT2D eigenvalue weighted by Gasteiger charge is -2.08. The zero-order valence-corrected chi connectivity index (χ0v) is 12.2. The van der Waals surface area contributed by atoms with Crippen molar-refractivity contribution in [3.63, 3.8) is 0 Å². The van der Waals surface area contributed by atoms with Crippen LogP contribution in [-0.2, 0) is 6.54 Å². The van der Waals surface area contributed by atoms with Crippen LogP contribution in [0.4, 0.5) is 5.82 Å². The number of halogens is 1. The molecule has 0 amide bonds. The summed E-state index contributed by atoms with van der Waals surface area (Å²) in [4.78, 5) is 8.15. The van der Waals surface area contributed by atoms with E-state index < -0.39 is 0 Å². The number of nitrogens with zero attached hydrogens (tertiary/aromatic N) is 2. The molecule has 0 bridgehead atoms. The smallest absolute Gasteiger partial charge is 0.143 e. The van der Waals surface area contributed by atoms with Crippen LogP contribution in [-0.4, -0.2) is 16.6 Å². The van der Waals surface area contributed by atoms with E-state index in [1.165, 1.54) is 0 Å². The van der Waals surface area contributed by atoms with Gasteiger partial charge in [-0.1, -0.05) is 12.1 Å². The van der Waals surface area contributed by atoms with Gasteiger partial charge in [0.05, 0.1) is 10.2 Å². The van der Waals surface area contributed by atoms with E-state index in [1.807, 2.05) is 25.1 Å². The van der Waals surface area contributed by atoms with Gasteiger partial charge in [-0.15, -0.1) is 0 Å². The lowest BCUT2D eigenvalue weighted by atomic mass is 10.2. The zero-order valence-electron chi connectivity index (χ0n) is 10.1. The number of hydrogen-bond donors (Lipinski definition) is 1. The largest absolute Gasteiger partial charge is 0.494 e. The summed E-state index contributed by atoms with van der Waals surface area (Å²) in [5, 5.41) is 3.28. The Bertz CT molecular complexity index is 519. The van der Waals surface area contributed by atoms with Crippen LogP contribution in [0.25, 0.3) is 0 Å². The molecule has 1 heterocycles. The van der Waals surface area contributed by atoms with E-state index in [2.05, 4.69) is 43.9 Å². The molecule has 4 nitrogen and oxygen atoms in total. The second-order valence-corrected chi connectivity index (χ2v) is 4.82. The molecule has 0 aliphatic heterocycles. The fourth-order valence-corrected chi connectivity index (χ4v) is 2.03. The van der Waals surface area contributed by atoms with Crippen molar-refractivity contribution in [2.45, 2.75) is 13.5 Å². The number of nitrogens with one attached hydrogen (secondary N) is 1. The number of anilines is 1. The maximum absolute atomic E-state index is 5.47. The van der Waals surface area contributed by atoms with E-state index in [0.717, 1.165) is 20.7 Å². The summed E-state index contributed by atoms with van der Waals surface area (Å²) in [5.74, 6) is 1.75. The molecular formula is C13H14IN3O. The Kier molecular flexibility index (Phi) is 4.74. The first kappa shape index (κ1) is 13.1. The molecule has 0 atom stereocenters. The van der Waals surface area contributed by atoms with Gasteiger partial charge in [0.2, 0.25) is 0 Å². The molecule has 94 valence electrons. The van der Waals surface area contributed by atoms with Crippen LogP contribution >= 0.6 is 22.6 Å². The Labute approximate surface area is 120 Å². The number of rotatable bonds is 5. The minimum Gasteiger partial charge on any atom is -0.494 e. The summed E-state index contributed by atoms with van der Waals surface area (Å²) in [6.07, 6.45) is 3.33. The summed E-state index contributed by atoms with van der Waals surface area (Å²) in [5.41, 5.74) is 1.16. The molecule has 18 heavy (non-hydrogen) atoms. The lowest BCUT2D eigenvalue weighted by molar-refractivity contribution is 0.340. The lowest BCUT2D eigenvalue weighted by Crippen LogP contribution is -2.03. The van der Waals surface area contributed by atoms with E-state index in [1.54, 1.807) is 12.5 Å². The summed E-state index contributed by atoms with van der Waals surface area (Å²) >= 11 is 2.21. The minimum atomic E-state index is 0.681. The first-order valence-corrected chi connectivity index (χ1v) is 6.78. The molecular weight excluding hydrogens is 341 g/mol. The third-order valence-electron chi connectivity index (χ3n) is 2.34. The Hall–Kier alpha value is -1.37. The van der Waals surface area contributed by atoms with Crippen molar-refractivity contribution in [3.05, 3.63) is 45.9 Å². The maximum atomic E-state index is 5.47. The molecule has 5 heteroatoms. The minimum absolute atomic E-state index is 0.681. The molecule has 1 aromatic carbocycles. The van der Waals surface area contributed by atoms with E-state index in [-0.39, 0.29) is 0 Å². The van der Waals surface area contributed by atoms with Gasteiger partial charge in [0.25, 0.3) is 0 Å². The topological polar surface area (TPSA) is 47.0 Å². The van der Waals surface area contributed by atoms with Gasteiger partial charge in [0.1, 0.15) is 17.9 Å². The van der Waals surface area contributed by atoms with Crippen molar-refractivity contribution < 1.29 is 4.74 Å². The van der Waals surface area contributed by atoms with Gasteiger partial charge in [0, 0.05) is 12.7 Å². The highest BCUT2D eigenvalue weighted by Gasteiger charge is 2.01. The molecule has 0 saturated carbocycles. The van der Waals surface area contributed by atoms with Gasteiger partial charge in [-0.05, 0) is 47.2 Å². The standard InChI is InChI=1S/C13H14IN3O/c1-2-18-11-5-3-4-10(6-11)7-16-13-12(14)8-15-9-17-13/h3-6,8-9H,2,7H2,1H3,(H,15,16,17). The highest BCUT2D eigenvalue weighted by molar-refractivity contribution is 14.1. The normalized spacial score (nSPS) is 10.1. The van der Waals surface area contributed by atoms with Gasteiger partial charge in [0.15, 0.2) is 0 Å². The van der Waals surface area contributed by atoms with Crippen LogP contribution in [0.5, 0.6) is 5.75 Å². The predicted octanol–water partition coefficient (Wildman–Crippen LogP) is 3.09. The first-order valence-electron chi connectivity index (χ1n) is 5.70. The fourth-order valence-electron chi connectivity index (χ4n) is 1.54. The summed E-state index contributed by atoms with van der Waals surface area (Å²) in [6, 6.07) is 8.04. The Morgan fingerprint density at radius 1 is 1.39 bits per heavy atom. The maximum Gasteiger partial charge on any atom is 0.143 e. The molecule has 0 aliphatic carbocycles. The van der Waals surface area contributed by atoms with Crippen molar-refractivity contribution in [1.29, 1.82) is 0 Å². The molecule has 0 radical (unpaired) electrons. The third kappa shape index (κ3) is 3.56. The summed E-state index contributed by atoms with van der Waals surface area (Å²) < 4.78 is 6.48. The van der Waals surface area contributed by atoms with Crippen LogP contribution in [0, 0.1) is 3.57 Å². The number of hydrogen-bond acceptors (Lipinski definition) is 4. The third-order valence-corrected chi connectivity index (χ3v) is 3.13. The molecule has 0 fully saturated rings. The van der Waals surface area contributed by atoms with Crippen LogP contribution in [0.1, 0.15) is 12.5 Å². The number of ether oxygens (including phenoxy) is 1. The van der Waals surface area contributed by atoms with E-state index in [9.17, 15) is 0 Å². The van der Waals surface area contributed by atoms with Gasteiger partial charge in [-0.3, -0.25) is 0 Å². The van der Waals surface area contributed by atoms with Crippen LogP contribution in [0.15, 0.2) is 36.8 Å². The second kappa shape index (κ2) is 6.53. The van der Waals surface area contributed by atoms with Gasteiger partial charge in [-0.25, -0.2) is 9.97 Å². The van der Waals surface area contributed by atoms with Gasteiger partial charge >= 0.3 is 0 Å². The van der Waals surface area contributed by atoms with E-state index >= 15 is 0 Å². The van der Waals surface area contributed by atoms with Crippen molar-refractivity contribution in [3.8, 4) is 5.75 Å². The highest BCUT2D eigenvalue weighted by Crippen LogP contribution is 2.16. The van der Waals surface area contributed by atoms with Gasteiger partial charge in [-0.2, -0.15) is 0 Å². The number of aromatic nitrogens is 2. The molecule has 0 aliphatic rings. The predicted molar refractivity (Wildman–Crippen MR) is 79.7 cm³/mol. The van der Waals surface area contributed by atoms with E-state index in [0.29, 0.717) is 13.2 Å². The number of benzene rings is 1. The van der Waals surface area contributed by atoms with Crippen LogP contribution in [0.2, 0.25) is 0 Å². The highest BCUT2D eigenvalue weighted by atomic mass is 127. The molecule has 0 spiro atoms. The Balaban J connectivity index is 2.02. The molecule has 2 rings (SSSR count). The molecule has 1 N–H and O–H groups in total. The molecule has 0 unspecified atom stereocenters. The summed E-state index contributed by atoms with van der Waals surface area (Å²) in [7, 11) is 0. The first-order chi connectivity index (χ1) is 8.79. The van der Waals surface area contributed by atoms with Crippen LogP contribution < -0.4 is 10.1 Å². The van der Waals surface area contributed by atoms with Gasteiger partial charge < -0.3 is 10.1 Å². The average molecular weight is 355 g/mol. The zero-order chi connectivity index (χ0) is 12.8. The summed E-state index contributed by atoms with van der Waals surface area (Å²) in [6.45, 7) is 3.38. The molecule has 0 saturated heterocycles. The average Bonchev–Trinajstić information content (AvgIpc) is 2.39. The van der Waals surface area contributed by atoms with Crippen molar-refractivity contribution in [2.75, 3.05) is 11.9 Å². The molecule has 2 aromatic rings. The van der Waals surface area contributed by atoms with Crippen molar-refractivity contribution in [2.24, 2.45) is 0 Å². The van der Waals surface area contributed by atoms with Crippen molar-refractivity contribution in [1.82, 2.24) is 9.97 Å². The fraction of sp³-hybridized carbons (Fsp3) is 0.231.